The predicted molar refractivity (Wildman–Crippen MR) is 97.4 cm³/mol. The number of hydrogen-bond donors (Lipinski definition) is 0. The lowest BCUT2D eigenvalue weighted by Gasteiger charge is -2.19. The van der Waals surface area contributed by atoms with Crippen molar-refractivity contribution >= 4 is 17.3 Å². The van der Waals surface area contributed by atoms with Gasteiger partial charge in [-0.05, 0) is 25.7 Å². The second kappa shape index (κ2) is 10.3. The molecule has 0 N–H and O–H groups in total. The number of unbranched alkanes of at least 4 members (excludes halogenated alkanes) is 1. The van der Waals surface area contributed by atoms with Gasteiger partial charge in [0.25, 0.3) is 5.69 Å². The molecule has 142 valence electrons. The van der Waals surface area contributed by atoms with Crippen molar-refractivity contribution in [1.82, 2.24) is 0 Å². The molecule has 8 nitrogen and oxygen atoms in total. The summed E-state index contributed by atoms with van der Waals surface area (Å²) >= 11 is 0. The van der Waals surface area contributed by atoms with E-state index < -0.39 is 21.5 Å². The van der Waals surface area contributed by atoms with E-state index in [1.54, 1.807) is 6.92 Å². The van der Waals surface area contributed by atoms with E-state index in [-0.39, 0.29) is 17.4 Å². The number of carbonyl (C=O) groups is 1. The largest absolute Gasteiger partial charge is 0.416 e. The standard InChI is InChI=1S/C18H24N2O6/c1-4-7-10-13(8-5-2)15-11-14(19(22)23)12-16(20(24)25)18(15)26-17(21)9-6-3/h6,9,11-13H,4-5,7-8,10H2,1-3H3. The van der Waals surface area contributed by atoms with E-state index in [9.17, 15) is 25.0 Å². The molecule has 0 spiro atoms. The third kappa shape index (κ3) is 5.65. The maximum Gasteiger partial charge on any atom is 0.336 e. The van der Waals surface area contributed by atoms with E-state index >= 15 is 0 Å². The van der Waals surface area contributed by atoms with Crippen molar-refractivity contribution in [3.05, 3.63) is 50.1 Å². The van der Waals surface area contributed by atoms with Gasteiger partial charge in [0.15, 0.2) is 0 Å². The van der Waals surface area contributed by atoms with Crippen molar-refractivity contribution < 1.29 is 19.4 Å². The molecule has 1 atom stereocenters. The summed E-state index contributed by atoms with van der Waals surface area (Å²) in [4.78, 5) is 33.1. The Morgan fingerprint density at radius 1 is 1.15 bits per heavy atom. The van der Waals surface area contributed by atoms with Crippen LogP contribution in [0.4, 0.5) is 11.4 Å². The van der Waals surface area contributed by atoms with Gasteiger partial charge in [0, 0.05) is 17.7 Å². The highest BCUT2D eigenvalue weighted by Crippen LogP contribution is 2.42. The molecule has 1 aromatic rings. The molecule has 0 heterocycles. The number of nitro groups is 2. The van der Waals surface area contributed by atoms with Gasteiger partial charge in [-0.15, -0.1) is 0 Å². The molecule has 0 bridgehead atoms. The minimum Gasteiger partial charge on any atom is -0.416 e. The van der Waals surface area contributed by atoms with Crippen LogP contribution in [0.2, 0.25) is 0 Å². The average molecular weight is 364 g/mol. The van der Waals surface area contributed by atoms with E-state index in [1.165, 1.54) is 12.1 Å². The monoisotopic (exact) mass is 364 g/mol. The summed E-state index contributed by atoms with van der Waals surface area (Å²) in [5.41, 5.74) is -0.598. The molecule has 0 aliphatic heterocycles. The van der Waals surface area contributed by atoms with Gasteiger partial charge in [-0.25, -0.2) is 4.79 Å². The number of hydrogen-bond acceptors (Lipinski definition) is 6. The number of allylic oxidation sites excluding steroid dienone is 1. The highest BCUT2D eigenvalue weighted by Gasteiger charge is 2.30. The van der Waals surface area contributed by atoms with Gasteiger partial charge < -0.3 is 4.74 Å². The summed E-state index contributed by atoms with van der Waals surface area (Å²) < 4.78 is 5.23. The number of non-ortho nitro benzene ring substituents is 1. The van der Waals surface area contributed by atoms with E-state index in [0.717, 1.165) is 31.4 Å². The number of rotatable bonds is 10. The van der Waals surface area contributed by atoms with Gasteiger partial charge in [-0.3, -0.25) is 20.2 Å². The second-order valence-corrected chi connectivity index (χ2v) is 5.95. The second-order valence-electron chi connectivity index (χ2n) is 5.95. The maximum atomic E-state index is 11.9. The van der Waals surface area contributed by atoms with Crippen molar-refractivity contribution in [2.24, 2.45) is 0 Å². The lowest BCUT2D eigenvalue weighted by molar-refractivity contribution is -0.394. The first-order chi connectivity index (χ1) is 12.3. The van der Waals surface area contributed by atoms with Crippen LogP contribution in [0.3, 0.4) is 0 Å². The summed E-state index contributed by atoms with van der Waals surface area (Å²) in [6.07, 6.45) is 6.58. The lowest BCUT2D eigenvalue weighted by Crippen LogP contribution is -2.11. The molecule has 1 aromatic carbocycles. The fourth-order valence-electron chi connectivity index (χ4n) is 2.80. The minimum atomic E-state index is -0.753. The Morgan fingerprint density at radius 2 is 1.85 bits per heavy atom. The zero-order chi connectivity index (χ0) is 19.7. The molecule has 8 heteroatoms. The van der Waals surface area contributed by atoms with Crippen LogP contribution in [0.15, 0.2) is 24.3 Å². The Balaban J connectivity index is 3.60. The zero-order valence-corrected chi connectivity index (χ0v) is 15.3. The molecule has 0 aromatic heterocycles. The molecule has 0 aliphatic carbocycles. The first-order valence-corrected chi connectivity index (χ1v) is 8.66. The van der Waals surface area contributed by atoms with E-state index in [1.807, 2.05) is 13.8 Å². The average Bonchev–Trinajstić information content (AvgIpc) is 2.58. The number of nitro benzene ring substituents is 2. The van der Waals surface area contributed by atoms with Crippen LogP contribution >= 0.6 is 0 Å². The first-order valence-electron chi connectivity index (χ1n) is 8.66. The van der Waals surface area contributed by atoms with Crippen molar-refractivity contribution in [1.29, 1.82) is 0 Å². The number of carbonyl (C=O) groups excluding carboxylic acids is 1. The Morgan fingerprint density at radius 3 is 2.35 bits per heavy atom. The number of esters is 1. The summed E-state index contributed by atoms with van der Waals surface area (Å²) in [5, 5.41) is 22.7. The van der Waals surface area contributed by atoms with E-state index in [4.69, 9.17) is 4.74 Å². The van der Waals surface area contributed by atoms with Gasteiger partial charge in [0.2, 0.25) is 5.75 Å². The van der Waals surface area contributed by atoms with Gasteiger partial charge in [0.1, 0.15) is 0 Å². The molecule has 1 unspecified atom stereocenters. The topological polar surface area (TPSA) is 113 Å². The first kappa shape index (κ1) is 21.3. The molecule has 0 radical (unpaired) electrons. The van der Waals surface area contributed by atoms with Crippen molar-refractivity contribution in [3.63, 3.8) is 0 Å². The van der Waals surface area contributed by atoms with E-state index in [0.29, 0.717) is 18.4 Å². The van der Waals surface area contributed by atoms with Gasteiger partial charge in [-0.1, -0.05) is 39.2 Å². The van der Waals surface area contributed by atoms with Crippen molar-refractivity contribution in [2.45, 2.75) is 58.8 Å². The molecular weight excluding hydrogens is 340 g/mol. The third-order valence-electron chi connectivity index (χ3n) is 3.98. The zero-order valence-electron chi connectivity index (χ0n) is 15.3. The number of nitrogens with zero attached hydrogens (tertiary/aromatic N) is 2. The molecule has 0 aliphatic rings. The SMILES string of the molecule is CC=CC(=O)Oc1c(C(CCC)CCCC)cc([N+](=O)[O-])cc1[N+](=O)[O-]. The Labute approximate surface area is 152 Å². The van der Waals surface area contributed by atoms with Crippen LogP contribution in [0, 0.1) is 20.2 Å². The summed E-state index contributed by atoms with van der Waals surface area (Å²) in [7, 11) is 0. The van der Waals surface area contributed by atoms with Crippen LogP contribution in [0.1, 0.15) is 64.4 Å². The fourth-order valence-corrected chi connectivity index (χ4v) is 2.80. The lowest BCUT2D eigenvalue weighted by atomic mass is 9.88. The minimum absolute atomic E-state index is 0.160. The molecular formula is C18H24N2O6. The Bertz CT molecular complexity index is 699. The molecule has 0 saturated heterocycles. The molecule has 1 rings (SSSR count). The number of ether oxygens (including phenoxy) is 1. The normalized spacial score (nSPS) is 12.1. The molecule has 0 saturated carbocycles. The van der Waals surface area contributed by atoms with Crippen LogP contribution in [0.5, 0.6) is 5.75 Å². The summed E-state index contributed by atoms with van der Waals surface area (Å²) in [5.74, 6) is -1.11. The van der Waals surface area contributed by atoms with Gasteiger partial charge >= 0.3 is 11.7 Å². The smallest absolute Gasteiger partial charge is 0.336 e. The summed E-state index contributed by atoms with van der Waals surface area (Å²) in [6.45, 7) is 5.61. The third-order valence-corrected chi connectivity index (χ3v) is 3.98. The molecule has 26 heavy (non-hydrogen) atoms. The molecule has 0 amide bonds. The fraction of sp³-hybridized carbons (Fsp3) is 0.500. The Kier molecular flexibility index (Phi) is 8.41. The van der Waals surface area contributed by atoms with Crippen LogP contribution in [-0.4, -0.2) is 15.8 Å². The van der Waals surface area contributed by atoms with Gasteiger partial charge in [-0.2, -0.15) is 0 Å². The summed E-state index contributed by atoms with van der Waals surface area (Å²) in [6, 6.07) is 2.13. The highest BCUT2D eigenvalue weighted by molar-refractivity contribution is 5.85. The van der Waals surface area contributed by atoms with Gasteiger partial charge in [0.05, 0.1) is 15.9 Å². The van der Waals surface area contributed by atoms with Crippen LogP contribution in [0.25, 0.3) is 0 Å². The van der Waals surface area contributed by atoms with E-state index in [2.05, 4.69) is 0 Å². The number of benzene rings is 1. The van der Waals surface area contributed by atoms with Crippen molar-refractivity contribution in [2.75, 3.05) is 0 Å². The Hall–Kier alpha value is -2.77. The predicted octanol–water partition coefficient (Wildman–Crippen LogP) is 5.06. The molecule has 0 fully saturated rings. The highest BCUT2D eigenvalue weighted by atomic mass is 16.6. The van der Waals surface area contributed by atoms with Crippen LogP contribution < -0.4 is 4.74 Å². The van der Waals surface area contributed by atoms with Crippen molar-refractivity contribution in [3.8, 4) is 5.75 Å². The quantitative estimate of drug-likeness (QED) is 0.188. The maximum absolute atomic E-state index is 11.9. The van der Waals surface area contributed by atoms with Crippen LogP contribution in [-0.2, 0) is 4.79 Å².